The van der Waals surface area contributed by atoms with Gasteiger partial charge in [0.05, 0.1) is 19.8 Å². The molecule has 0 aromatic rings. The molecule has 0 amide bonds. The molecule has 0 saturated carbocycles. The molecule has 242 valence electrons. The van der Waals surface area contributed by atoms with Crippen molar-refractivity contribution in [2.45, 2.75) is 160 Å². The Bertz CT molecular complexity index is 643. The van der Waals surface area contributed by atoms with Crippen LogP contribution in [0.4, 0.5) is 0 Å². The number of carbonyl (C=O) groups is 1. The molecule has 9 nitrogen and oxygen atoms in total. The minimum atomic E-state index is -1.53. The number of allylic oxidation sites excluding steroid dienone is 2. The fraction of sp³-hybridized carbons (Fsp3) is 0.906. The number of ether oxygens (including phenoxy) is 4. The van der Waals surface area contributed by atoms with E-state index < -0.39 is 43.4 Å². The van der Waals surface area contributed by atoms with E-state index >= 15 is 0 Å². The summed E-state index contributed by atoms with van der Waals surface area (Å²) in [6.07, 6.45) is 15.4. The molecular weight excluding hydrogens is 528 g/mol. The van der Waals surface area contributed by atoms with Crippen LogP contribution in [-0.2, 0) is 23.7 Å². The minimum Gasteiger partial charge on any atom is -0.457 e. The standard InChI is InChI=1S/C32H60O9/c1-3-5-7-9-11-12-13-14-15-16-17-19-21-28(34)40-26(24-38-22-20-18-10-8-6-4-2)25-39-32-31(37)30(36)29(35)27(23-33)41-32/h11-12,26-27,29-33,35-37H,3-10,13-25H2,1-2H3/b12-11-. The van der Waals surface area contributed by atoms with Gasteiger partial charge in [-0.1, -0.05) is 90.2 Å². The number of unbranched alkanes of at least 4 members (excludes halogenated alkanes) is 13. The van der Waals surface area contributed by atoms with Crippen molar-refractivity contribution in [1.29, 1.82) is 0 Å². The van der Waals surface area contributed by atoms with Crippen molar-refractivity contribution in [2.24, 2.45) is 0 Å². The normalized spacial score (nSPS) is 23.7. The van der Waals surface area contributed by atoms with Gasteiger partial charge in [-0.2, -0.15) is 0 Å². The van der Waals surface area contributed by atoms with Crippen LogP contribution < -0.4 is 0 Å². The highest BCUT2D eigenvalue weighted by atomic mass is 16.7. The van der Waals surface area contributed by atoms with Crippen molar-refractivity contribution in [3.63, 3.8) is 0 Å². The van der Waals surface area contributed by atoms with Crippen molar-refractivity contribution in [1.82, 2.24) is 0 Å². The van der Waals surface area contributed by atoms with E-state index in [4.69, 9.17) is 18.9 Å². The van der Waals surface area contributed by atoms with Crippen LogP contribution in [-0.4, -0.2) is 89.6 Å². The van der Waals surface area contributed by atoms with Gasteiger partial charge in [0.15, 0.2) is 6.29 Å². The molecule has 1 saturated heterocycles. The third-order valence-corrected chi connectivity index (χ3v) is 7.43. The number of carbonyl (C=O) groups excluding carboxylic acids is 1. The zero-order chi connectivity index (χ0) is 30.1. The van der Waals surface area contributed by atoms with Gasteiger partial charge in [0.1, 0.15) is 30.5 Å². The van der Waals surface area contributed by atoms with Crippen LogP contribution in [0.5, 0.6) is 0 Å². The zero-order valence-corrected chi connectivity index (χ0v) is 25.8. The maximum Gasteiger partial charge on any atom is 0.306 e. The molecule has 1 heterocycles. The number of hydrogen-bond donors (Lipinski definition) is 4. The van der Waals surface area contributed by atoms with E-state index in [1.807, 2.05) is 0 Å². The summed E-state index contributed by atoms with van der Waals surface area (Å²) < 4.78 is 22.5. The highest BCUT2D eigenvalue weighted by Crippen LogP contribution is 2.22. The third kappa shape index (κ3) is 18.3. The van der Waals surface area contributed by atoms with Gasteiger partial charge in [0, 0.05) is 13.0 Å². The topological polar surface area (TPSA) is 135 Å². The maximum atomic E-state index is 12.6. The fourth-order valence-corrected chi connectivity index (χ4v) is 4.78. The third-order valence-electron chi connectivity index (χ3n) is 7.43. The first-order valence-electron chi connectivity index (χ1n) is 16.3. The number of rotatable bonds is 26. The Hall–Kier alpha value is -1.07. The fourth-order valence-electron chi connectivity index (χ4n) is 4.78. The van der Waals surface area contributed by atoms with Crippen molar-refractivity contribution < 1.29 is 44.2 Å². The van der Waals surface area contributed by atoms with Crippen molar-refractivity contribution >= 4 is 5.97 Å². The molecule has 1 aliphatic rings. The van der Waals surface area contributed by atoms with Gasteiger partial charge in [-0.15, -0.1) is 0 Å². The lowest BCUT2D eigenvalue weighted by atomic mass is 9.99. The smallest absolute Gasteiger partial charge is 0.306 e. The average molecular weight is 589 g/mol. The van der Waals surface area contributed by atoms with Crippen LogP contribution in [0.2, 0.25) is 0 Å². The highest BCUT2D eigenvalue weighted by Gasteiger charge is 2.44. The van der Waals surface area contributed by atoms with Gasteiger partial charge in [0.2, 0.25) is 0 Å². The summed E-state index contributed by atoms with van der Waals surface area (Å²) in [5.74, 6) is -0.328. The minimum absolute atomic E-state index is 0.114. The average Bonchev–Trinajstić information content (AvgIpc) is 2.97. The van der Waals surface area contributed by atoms with Crippen LogP contribution in [0.15, 0.2) is 12.2 Å². The predicted octanol–water partition coefficient (Wildman–Crippen LogP) is 4.96. The molecule has 6 atom stereocenters. The maximum absolute atomic E-state index is 12.6. The summed E-state index contributed by atoms with van der Waals surface area (Å²) in [5, 5.41) is 39.6. The molecule has 0 spiro atoms. The summed E-state index contributed by atoms with van der Waals surface area (Å²) in [6, 6.07) is 0. The Labute approximate surface area is 248 Å². The van der Waals surface area contributed by atoms with Crippen molar-refractivity contribution in [2.75, 3.05) is 26.4 Å². The lowest BCUT2D eigenvalue weighted by molar-refractivity contribution is -0.305. The lowest BCUT2D eigenvalue weighted by Gasteiger charge is -2.39. The Morgan fingerprint density at radius 2 is 1.34 bits per heavy atom. The monoisotopic (exact) mass is 588 g/mol. The van der Waals surface area contributed by atoms with E-state index in [-0.39, 0.29) is 19.2 Å². The molecular formula is C32H60O9. The number of aliphatic hydroxyl groups is 4. The summed E-state index contributed by atoms with van der Waals surface area (Å²) in [7, 11) is 0. The molecule has 41 heavy (non-hydrogen) atoms. The summed E-state index contributed by atoms with van der Waals surface area (Å²) >= 11 is 0. The molecule has 0 aromatic carbocycles. The largest absolute Gasteiger partial charge is 0.457 e. The number of aliphatic hydroxyl groups excluding tert-OH is 4. The highest BCUT2D eigenvalue weighted by molar-refractivity contribution is 5.69. The predicted molar refractivity (Wildman–Crippen MR) is 159 cm³/mol. The Kier molecular flexibility index (Phi) is 23.5. The first-order valence-corrected chi connectivity index (χ1v) is 16.3. The van der Waals surface area contributed by atoms with Crippen LogP contribution >= 0.6 is 0 Å². The summed E-state index contributed by atoms with van der Waals surface area (Å²) in [4.78, 5) is 12.6. The molecule has 0 aliphatic carbocycles. The second-order valence-corrected chi connectivity index (χ2v) is 11.3. The van der Waals surface area contributed by atoms with E-state index in [1.165, 1.54) is 57.8 Å². The van der Waals surface area contributed by atoms with Crippen LogP contribution in [0.3, 0.4) is 0 Å². The van der Waals surface area contributed by atoms with Crippen LogP contribution in [0, 0.1) is 0 Å². The van der Waals surface area contributed by atoms with Gasteiger partial charge in [-0.25, -0.2) is 0 Å². The lowest BCUT2D eigenvalue weighted by Crippen LogP contribution is -2.59. The van der Waals surface area contributed by atoms with E-state index in [9.17, 15) is 25.2 Å². The van der Waals surface area contributed by atoms with E-state index in [1.54, 1.807) is 0 Å². The van der Waals surface area contributed by atoms with Gasteiger partial charge in [0.25, 0.3) is 0 Å². The second kappa shape index (κ2) is 25.4. The SMILES string of the molecule is CCCCC/C=C\CCCCCCCC(=O)OC(COCCCCCCCC)COC1OC(CO)C(O)C(O)C1O. The van der Waals surface area contributed by atoms with Crippen molar-refractivity contribution in [3.05, 3.63) is 12.2 Å². The molecule has 1 fully saturated rings. The van der Waals surface area contributed by atoms with E-state index in [0.717, 1.165) is 44.9 Å². The van der Waals surface area contributed by atoms with Gasteiger partial charge < -0.3 is 39.4 Å². The molecule has 0 bridgehead atoms. The Morgan fingerprint density at radius 1 is 0.756 bits per heavy atom. The quantitative estimate of drug-likeness (QED) is 0.0628. The molecule has 1 aliphatic heterocycles. The number of esters is 1. The molecule has 9 heteroatoms. The van der Waals surface area contributed by atoms with Crippen molar-refractivity contribution in [3.8, 4) is 0 Å². The molecule has 1 rings (SSSR count). The molecule has 6 unspecified atom stereocenters. The first-order chi connectivity index (χ1) is 19.9. The number of hydrogen-bond acceptors (Lipinski definition) is 9. The molecule has 0 aromatic heterocycles. The van der Waals surface area contributed by atoms with Gasteiger partial charge in [-0.05, 0) is 38.5 Å². The Morgan fingerprint density at radius 3 is 2.02 bits per heavy atom. The van der Waals surface area contributed by atoms with E-state index in [2.05, 4.69) is 26.0 Å². The van der Waals surface area contributed by atoms with Gasteiger partial charge in [-0.3, -0.25) is 4.79 Å². The molecule has 4 N–H and O–H groups in total. The summed E-state index contributed by atoms with van der Waals surface area (Å²) in [5.41, 5.74) is 0. The van der Waals surface area contributed by atoms with Crippen LogP contribution in [0.1, 0.15) is 123 Å². The summed E-state index contributed by atoms with van der Waals surface area (Å²) in [6.45, 7) is 4.44. The Balaban J connectivity index is 2.38. The second-order valence-electron chi connectivity index (χ2n) is 11.3. The molecule has 0 radical (unpaired) electrons. The first kappa shape index (κ1) is 38.0. The van der Waals surface area contributed by atoms with Gasteiger partial charge >= 0.3 is 5.97 Å². The van der Waals surface area contributed by atoms with Crippen LogP contribution in [0.25, 0.3) is 0 Å². The van der Waals surface area contributed by atoms with E-state index in [0.29, 0.717) is 13.0 Å². The zero-order valence-electron chi connectivity index (χ0n) is 25.8.